The Morgan fingerprint density at radius 3 is 2.71 bits per heavy atom. The van der Waals surface area contributed by atoms with Crippen molar-refractivity contribution in [3.63, 3.8) is 0 Å². The first-order valence-electron chi connectivity index (χ1n) is 7.07. The number of rotatable bonds is 4. The summed E-state index contributed by atoms with van der Waals surface area (Å²) in [6, 6.07) is 2.07. The highest BCUT2D eigenvalue weighted by Gasteiger charge is 2.29. The average Bonchev–Trinajstić information content (AvgIpc) is 2.83. The summed E-state index contributed by atoms with van der Waals surface area (Å²) in [4.78, 5) is 28.3. The van der Waals surface area contributed by atoms with Crippen LogP contribution in [0.4, 0.5) is 0 Å². The first kappa shape index (κ1) is 16.0. The smallest absolute Gasteiger partial charge is 0.317 e. The number of carbonyl (C=O) groups is 2. The van der Waals surface area contributed by atoms with Crippen molar-refractivity contribution in [3.8, 4) is 0 Å². The van der Waals surface area contributed by atoms with Crippen LogP contribution in [0.2, 0.25) is 0 Å². The maximum atomic E-state index is 12.5. The van der Waals surface area contributed by atoms with Gasteiger partial charge in [-0.05, 0) is 44.2 Å². The van der Waals surface area contributed by atoms with Crippen molar-refractivity contribution in [2.24, 2.45) is 0 Å². The number of amides is 1. The van der Waals surface area contributed by atoms with Crippen LogP contribution in [0.25, 0.3) is 0 Å². The molecular weight excluding hydrogens is 288 g/mol. The second-order valence-electron chi connectivity index (χ2n) is 6.35. The predicted molar refractivity (Wildman–Crippen MR) is 82.4 cm³/mol. The Labute approximate surface area is 129 Å². The fourth-order valence-electron chi connectivity index (χ4n) is 2.42. The molecule has 0 atom stereocenters. The monoisotopic (exact) mass is 310 g/mol. The van der Waals surface area contributed by atoms with Gasteiger partial charge >= 0.3 is 5.97 Å². The van der Waals surface area contributed by atoms with Gasteiger partial charge in [0, 0.05) is 23.5 Å². The van der Waals surface area contributed by atoms with E-state index in [0.29, 0.717) is 6.54 Å². The molecule has 2 heterocycles. The van der Waals surface area contributed by atoms with Gasteiger partial charge in [0.2, 0.25) is 5.91 Å². The molecule has 1 aliphatic rings. The van der Waals surface area contributed by atoms with Crippen molar-refractivity contribution >= 4 is 23.2 Å². The normalized spacial score (nSPS) is 15.1. The summed E-state index contributed by atoms with van der Waals surface area (Å²) in [6.07, 6.45) is 0.896. The molecule has 5 nitrogen and oxygen atoms in total. The highest BCUT2D eigenvalue weighted by atomic mass is 32.1. The van der Waals surface area contributed by atoms with E-state index in [-0.39, 0.29) is 24.5 Å². The third-order valence-corrected chi connectivity index (χ3v) is 4.78. The van der Waals surface area contributed by atoms with Gasteiger partial charge in [0.25, 0.3) is 0 Å². The van der Waals surface area contributed by atoms with Crippen molar-refractivity contribution in [2.45, 2.75) is 39.3 Å². The number of thiophene rings is 1. The van der Waals surface area contributed by atoms with Crippen LogP contribution < -0.4 is 0 Å². The third-order valence-electron chi connectivity index (χ3n) is 3.76. The lowest BCUT2D eigenvalue weighted by Crippen LogP contribution is -2.50. The van der Waals surface area contributed by atoms with Gasteiger partial charge in [0.1, 0.15) is 0 Å². The van der Waals surface area contributed by atoms with Crippen molar-refractivity contribution in [1.82, 2.24) is 9.80 Å². The first-order valence-corrected chi connectivity index (χ1v) is 7.95. The maximum Gasteiger partial charge on any atom is 0.317 e. The van der Waals surface area contributed by atoms with Crippen LogP contribution in [0.5, 0.6) is 0 Å². The van der Waals surface area contributed by atoms with E-state index in [9.17, 15) is 9.59 Å². The summed E-state index contributed by atoms with van der Waals surface area (Å²) < 4.78 is 0. The summed E-state index contributed by atoms with van der Waals surface area (Å²) in [5, 5.41) is 11.1. The third kappa shape index (κ3) is 4.04. The summed E-state index contributed by atoms with van der Waals surface area (Å²) >= 11 is 1.74. The molecule has 0 unspecified atom stereocenters. The molecule has 6 heteroatoms. The molecule has 0 radical (unpaired) electrons. The Balaban J connectivity index is 2.01. The number of aliphatic carboxylic acids is 1. The Hall–Kier alpha value is -1.40. The molecule has 0 aliphatic carbocycles. The summed E-state index contributed by atoms with van der Waals surface area (Å²) in [5.41, 5.74) is 0.873. The molecule has 0 saturated heterocycles. The molecule has 2 rings (SSSR count). The molecule has 0 aromatic carbocycles. The lowest BCUT2D eigenvalue weighted by atomic mass is 10.1. The molecule has 0 bridgehead atoms. The number of nitrogens with zero attached hydrogens (tertiary/aromatic N) is 2. The van der Waals surface area contributed by atoms with Crippen LogP contribution in [0.15, 0.2) is 11.4 Å². The minimum absolute atomic E-state index is 0.00280. The Morgan fingerprint density at radius 2 is 2.10 bits per heavy atom. The second-order valence-corrected chi connectivity index (χ2v) is 7.36. The molecule has 1 N–H and O–H groups in total. The van der Waals surface area contributed by atoms with E-state index in [1.54, 1.807) is 16.2 Å². The molecule has 1 amide bonds. The Kier molecular flexibility index (Phi) is 4.68. The largest absolute Gasteiger partial charge is 0.480 e. The van der Waals surface area contributed by atoms with E-state index in [0.717, 1.165) is 13.0 Å². The molecule has 1 aliphatic heterocycles. The van der Waals surface area contributed by atoms with Crippen LogP contribution in [-0.2, 0) is 22.6 Å². The van der Waals surface area contributed by atoms with Gasteiger partial charge in [-0.15, -0.1) is 11.3 Å². The molecule has 1 aromatic heterocycles. The fraction of sp³-hybridized carbons (Fsp3) is 0.600. The minimum Gasteiger partial charge on any atom is -0.480 e. The number of hydrogen-bond acceptors (Lipinski definition) is 4. The summed E-state index contributed by atoms with van der Waals surface area (Å²) in [6.45, 7) is 7.17. The molecule has 21 heavy (non-hydrogen) atoms. The number of carboxylic acids is 1. The van der Waals surface area contributed by atoms with Crippen LogP contribution in [0, 0.1) is 0 Å². The van der Waals surface area contributed by atoms with Gasteiger partial charge in [0.15, 0.2) is 0 Å². The first-order chi connectivity index (χ1) is 9.77. The zero-order chi connectivity index (χ0) is 15.6. The van der Waals surface area contributed by atoms with Gasteiger partial charge in [-0.1, -0.05) is 0 Å². The number of carbonyl (C=O) groups excluding carboxylic acids is 1. The lowest BCUT2D eigenvalue weighted by molar-refractivity contribution is -0.142. The molecule has 1 aromatic rings. The fourth-order valence-corrected chi connectivity index (χ4v) is 3.31. The van der Waals surface area contributed by atoms with Crippen molar-refractivity contribution < 1.29 is 14.7 Å². The second kappa shape index (κ2) is 6.15. The van der Waals surface area contributed by atoms with Crippen LogP contribution in [-0.4, -0.2) is 52.0 Å². The van der Waals surface area contributed by atoms with Gasteiger partial charge < -0.3 is 10.0 Å². The zero-order valence-corrected chi connectivity index (χ0v) is 13.6. The van der Waals surface area contributed by atoms with E-state index >= 15 is 0 Å². The van der Waals surface area contributed by atoms with E-state index in [4.69, 9.17) is 5.11 Å². The topological polar surface area (TPSA) is 60.9 Å². The van der Waals surface area contributed by atoms with Gasteiger partial charge in [-0.3, -0.25) is 14.5 Å². The Morgan fingerprint density at radius 1 is 1.38 bits per heavy atom. The number of hydrogen-bond donors (Lipinski definition) is 1. The maximum absolute atomic E-state index is 12.5. The average molecular weight is 310 g/mol. The highest BCUT2D eigenvalue weighted by molar-refractivity contribution is 7.10. The standard InChI is InChI=1S/C15H22N2O3S/c1-15(2,3)17(10-14(19)20)9-13(18)16-6-4-12-11(8-16)5-7-21-12/h5,7H,4,6,8-10H2,1-3H3,(H,19,20). The molecule has 116 valence electrons. The van der Waals surface area contributed by atoms with Crippen molar-refractivity contribution in [2.75, 3.05) is 19.6 Å². The molecule has 0 fully saturated rings. The van der Waals surface area contributed by atoms with E-state index in [1.807, 2.05) is 25.7 Å². The quantitative estimate of drug-likeness (QED) is 0.921. The molecular formula is C15H22N2O3S. The van der Waals surface area contributed by atoms with Gasteiger partial charge in [0.05, 0.1) is 13.1 Å². The van der Waals surface area contributed by atoms with E-state index in [1.165, 1.54) is 10.4 Å². The van der Waals surface area contributed by atoms with E-state index < -0.39 is 5.97 Å². The minimum atomic E-state index is -0.906. The number of fused-ring (bicyclic) bond motifs is 1. The molecule has 0 spiro atoms. The zero-order valence-electron chi connectivity index (χ0n) is 12.8. The van der Waals surface area contributed by atoms with Crippen LogP contribution in [0.3, 0.4) is 0 Å². The van der Waals surface area contributed by atoms with Crippen molar-refractivity contribution in [3.05, 3.63) is 21.9 Å². The Bertz CT molecular complexity index is 533. The van der Waals surface area contributed by atoms with Crippen LogP contribution in [0.1, 0.15) is 31.2 Å². The van der Waals surface area contributed by atoms with Gasteiger partial charge in [-0.25, -0.2) is 0 Å². The highest BCUT2D eigenvalue weighted by Crippen LogP contribution is 2.24. The predicted octanol–water partition coefficient (Wildman–Crippen LogP) is 1.82. The molecule has 0 saturated carbocycles. The van der Waals surface area contributed by atoms with Crippen molar-refractivity contribution in [1.29, 1.82) is 0 Å². The summed E-state index contributed by atoms with van der Waals surface area (Å²) in [7, 11) is 0. The van der Waals surface area contributed by atoms with E-state index in [2.05, 4.69) is 11.4 Å². The lowest BCUT2D eigenvalue weighted by Gasteiger charge is -2.36. The van der Waals surface area contributed by atoms with Gasteiger partial charge in [-0.2, -0.15) is 0 Å². The van der Waals surface area contributed by atoms with Crippen LogP contribution >= 0.6 is 11.3 Å². The number of carboxylic acid groups (broad SMARTS) is 1. The summed E-state index contributed by atoms with van der Waals surface area (Å²) in [5.74, 6) is -0.903. The SMILES string of the molecule is CC(C)(C)N(CC(=O)O)CC(=O)N1CCc2sccc2C1.